The number of hydrogen-bond donors (Lipinski definition) is 1. The van der Waals surface area contributed by atoms with Gasteiger partial charge < -0.3 is 9.73 Å². The lowest BCUT2D eigenvalue weighted by Gasteiger charge is -2.21. The number of anilines is 1. The van der Waals surface area contributed by atoms with E-state index in [-0.39, 0.29) is 23.7 Å². The molecule has 1 fully saturated rings. The molecule has 0 bridgehead atoms. The van der Waals surface area contributed by atoms with Crippen LogP contribution in [0.25, 0.3) is 33.4 Å². The van der Waals surface area contributed by atoms with Crippen molar-refractivity contribution >= 4 is 28.7 Å². The standard InChI is InChI=1S/C32H27FN4O3/c1-18-4-5-22(31(39)37(24-11-12-24)32-35-15-14-19(2)36-32)17-25(18)21-8-13-27-26(16-21)28(30(38)34-3)29(40-27)20-6-9-23(33)10-7-20/h4-10,13-17,24H,11-12H2,1-3H3,(H,34,38). The fourth-order valence-corrected chi connectivity index (χ4v) is 4.93. The van der Waals surface area contributed by atoms with E-state index < -0.39 is 0 Å². The molecule has 2 heterocycles. The third-order valence-corrected chi connectivity index (χ3v) is 7.17. The first-order chi connectivity index (χ1) is 19.3. The van der Waals surface area contributed by atoms with E-state index in [4.69, 9.17) is 4.42 Å². The smallest absolute Gasteiger partial charge is 0.260 e. The number of fused-ring (bicyclic) bond motifs is 1. The van der Waals surface area contributed by atoms with Crippen LogP contribution in [0.15, 0.2) is 77.3 Å². The van der Waals surface area contributed by atoms with E-state index in [1.807, 2.05) is 56.3 Å². The van der Waals surface area contributed by atoms with Gasteiger partial charge in [-0.1, -0.05) is 12.1 Å². The fourth-order valence-electron chi connectivity index (χ4n) is 4.93. The van der Waals surface area contributed by atoms with Crippen LogP contribution < -0.4 is 10.2 Å². The maximum atomic E-state index is 13.8. The molecule has 5 aromatic rings. The van der Waals surface area contributed by atoms with Crippen molar-refractivity contribution in [1.82, 2.24) is 15.3 Å². The first-order valence-electron chi connectivity index (χ1n) is 13.1. The Morgan fingerprint density at radius 2 is 1.73 bits per heavy atom. The zero-order chi connectivity index (χ0) is 28.0. The highest BCUT2D eigenvalue weighted by Crippen LogP contribution is 2.37. The second-order valence-electron chi connectivity index (χ2n) is 10.0. The summed E-state index contributed by atoms with van der Waals surface area (Å²) in [5, 5.41) is 3.31. The zero-order valence-corrected chi connectivity index (χ0v) is 22.4. The molecule has 1 saturated carbocycles. The van der Waals surface area contributed by atoms with Crippen LogP contribution in [0.5, 0.6) is 0 Å². The number of furan rings is 1. The van der Waals surface area contributed by atoms with Crippen LogP contribution >= 0.6 is 0 Å². The summed E-state index contributed by atoms with van der Waals surface area (Å²) in [6.45, 7) is 3.86. The number of aryl methyl sites for hydroxylation is 2. The van der Waals surface area contributed by atoms with Gasteiger partial charge in [-0.25, -0.2) is 14.4 Å². The molecule has 1 aliphatic rings. The van der Waals surface area contributed by atoms with Crippen molar-refractivity contribution in [1.29, 1.82) is 0 Å². The van der Waals surface area contributed by atoms with E-state index in [1.165, 1.54) is 12.1 Å². The number of carbonyl (C=O) groups excluding carboxylic acids is 2. The van der Waals surface area contributed by atoms with Gasteiger partial charge >= 0.3 is 0 Å². The van der Waals surface area contributed by atoms with Crippen molar-refractivity contribution in [3.05, 3.63) is 101 Å². The minimum absolute atomic E-state index is 0.0846. The number of hydrogen-bond acceptors (Lipinski definition) is 5. The van der Waals surface area contributed by atoms with Crippen molar-refractivity contribution in [2.75, 3.05) is 11.9 Å². The SMILES string of the molecule is CNC(=O)c1c(-c2ccc(F)cc2)oc2ccc(-c3cc(C(=O)N(c4nccc(C)n4)C4CC4)ccc3C)cc12. The molecule has 0 spiro atoms. The fraction of sp³-hybridized carbons (Fsp3) is 0.188. The highest BCUT2D eigenvalue weighted by atomic mass is 19.1. The summed E-state index contributed by atoms with van der Waals surface area (Å²) in [7, 11) is 1.56. The van der Waals surface area contributed by atoms with E-state index in [2.05, 4.69) is 15.3 Å². The Hall–Kier alpha value is -4.85. The average Bonchev–Trinajstić information content (AvgIpc) is 3.72. The minimum Gasteiger partial charge on any atom is -0.455 e. The predicted molar refractivity (Wildman–Crippen MR) is 152 cm³/mol. The van der Waals surface area contributed by atoms with Gasteiger partial charge in [0.25, 0.3) is 11.8 Å². The van der Waals surface area contributed by atoms with Gasteiger partial charge in [-0.15, -0.1) is 0 Å². The second-order valence-corrected chi connectivity index (χ2v) is 10.0. The Balaban J connectivity index is 1.44. The summed E-state index contributed by atoms with van der Waals surface area (Å²) >= 11 is 0. The lowest BCUT2D eigenvalue weighted by molar-refractivity contribution is 0.0961. The topological polar surface area (TPSA) is 88.3 Å². The molecule has 0 atom stereocenters. The van der Waals surface area contributed by atoms with Gasteiger partial charge in [0.05, 0.1) is 5.56 Å². The number of nitrogens with zero attached hydrogens (tertiary/aromatic N) is 3. The Kier molecular flexibility index (Phi) is 6.38. The number of carbonyl (C=O) groups is 2. The molecule has 2 aromatic heterocycles. The molecule has 7 nitrogen and oxygen atoms in total. The maximum Gasteiger partial charge on any atom is 0.260 e. The summed E-state index contributed by atoms with van der Waals surface area (Å²) in [5.41, 5.74) is 5.50. The lowest BCUT2D eigenvalue weighted by Crippen LogP contribution is -2.34. The second kappa shape index (κ2) is 10.0. The van der Waals surface area contributed by atoms with Crippen LogP contribution in [0.2, 0.25) is 0 Å². The minimum atomic E-state index is -0.372. The number of halogens is 1. The first-order valence-corrected chi connectivity index (χ1v) is 13.1. The molecule has 1 aliphatic carbocycles. The molecule has 8 heteroatoms. The number of rotatable bonds is 6. The van der Waals surface area contributed by atoms with Gasteiger partial charge in [0.15, 0.2) is 0 Å². The van der Waals surface area contributed by atoms with Crippen molar-refractivity contribution in [2.45, 2.75) is 32.7 Å². The number of nitrogens with one attached hydrogen (secondary N) is 1. The van der Waals surface area contributed by atoms with Crippen molar-refractivity contribution in [2.24, 2.45) is 0 Å². The first kappa shape index (κ1) is 25.4. The lowest BCUT2D eigenvalue weighted by atomic mass is 9.95. The van der Waals surface area contributed by atoms with Crippen LogP contribution in [0.4, 0.5) is 10.3 Å². The monoisotopic (exact) mass is 534 g/mol. The van der Waals surface area contributed by atoms with Crippen LogP contribution in [-0.2, 0) is 0 Å². The van der Waals surface area contributed by atoms with E-state index >= 15 is 0 Å². The summed E-state index contributed by atoms with van der Waals surface area (Å²) < 4.78 is 19.7. The third-order valence-electron chi connectivity index (χ3n) is 7.17. The van der Waals surface area contributed by atoms with Crippen molar-refractivity contribution in [3.63, 3.8) is 0 Å². The number of aromatic nitrogens is 2. The Morgan fingerprint density at radius 1 is 0.975 bits per heavy atom. The molecular formula is C32H27FN4O3. The largest absolute Gasteiger partial charge is 0.455 e. The van der Waals surface area contributed by atoms with Gasteiger partial charge in [0.1, 0.15) is 17.2 Å². The van der Waals surface area contributed by atoms with E-state index in [9.17, 15) is 14.0 Å². The molecule has 0 aliphatic heterocycles. The highest BCUT2D eigenvalue weighted by Gasteiger charge is 2.36. The molecule has 6 rings (SSSR count). The van der Waals surface area contributed by atoms with Gasteiger partial charge in [-0.3, -0.25) is 14.5 Å². The van der Waals surface area contributed by atoms with E-state index in [0.29, 0.717) is 39.4 Å². The average molecular weight is 535 g/mol. The Labute approximate surface area is 230 Å². The summed E-state index contributed by atoms with van der Waals surface area (Å²) in [6.07, 6.45) is 3.50. The molecule has 3 aromatic carbocycles. The highest BCUT2D eigenvalue weighted by molar-refractivity contribution is 6.12. The zero-order valence-electron chi connectivity index (χ0n) is 22.4. The number of amides is 2. The van der Waals surface area contributed by atoms with Crippen LogP contribution in [0, 0.1) is 19.7 Å². The summed E-state index contributed by atoms with van der Waals surface area (Å²) in [5.74, 6) is -0.0522. The Bertz CT molecular complexity index is 1770. The van der Waals surface area contributed by atoms with E-state index in [0.717, 1.165) is 35.2 Å². The normalized spacial score (nSPS) is 12.9. The Morgan fingerprint density at radius 3 is 2.42 bits per heavy atom. The molecule has 0 unspecified atom stereocenters. The van der Waals surface area contributed by atoms with Gasteiger partial charge in [0.2, 0.25) is 5.95 Å². The molecule has 0 saturated heterocycles. The molecule has 0 radical (unpaired) electrons. The summed E-state index contributed by atoms with van der Waals surface area (Å²) in [4.78, 5) is 37.3. The maximum absolute atomic E-state index is 13.8. The van der Waals surface area contributed by atoms with Crippen molar-refractivity contribution < 1.29 is 18.4 Å². The van der Waals surface area contributed by atoms with E-state index in [1.54, 1.807) is 30.3 Å². The van der Waals surface area contributed by atoms with Crippen LogP contribution in [-0.4, -0.2) is 34.9 Å². The molecule has 40 heavy (non-hydrogen) atoms. The quantitative estimate of drug-likeness (QED) is 0.269. The molecular weight excluding hydrogens is 507 g/mol. The van der Waals surface area contributed by atoms with Crippen LogP contribution in [0.1, 0.15) is 44.8 Å². The van der Waals surface area contributed by atoms with Crippen molar-refractivity contribution in [3.8, 4) is 22.5 Å². The molecule has 2 amide bonds. The van der Waals surface area contributed by atoms with Gasteiger partial charge in [0, 0.05) is 41.5 Å². The predicted octanol–water partition coefficient (Wildman–Crippen LogP) is 6.48. The van der Waals surface area contributed by atoms with Gasteiger partial charge in [-0.2, -0.15) is 0 Å². The van der Waals surface area contributed by atoms with Gasteiger partial charge in [-0.05, 0) is 98.0 Å². The summed E-state index contributed by atoms with van der Waals surface area (Å²) in [6, 6.07) is 19.0. The molecule has 200 valence electrons. The third kappa shape index (κ3) is 4.62. The van der Waals surface area contributed by atoms with Crippen LogP contribution in [0.3, 0.4) is 0 Å². The molecule has 1 N–H and O–H groups in total. The number of benzene rings is 3.